The van der Waals surface area contributed by atoms with Gasteiger partial charge in [0.15, 0.2) is 0 Å². The molecule has 1 unspecified atom stereocenters. The number of hydrogen-bond donors (Lipinski definition) is 1. The summed E-state index contributed by atoms with van der Waals surface area (Å²) in [5.41, 5.74) is 0. The Bertz CT molecular complexity index is 271. The van der Waals surface area contributed by atoms with E-state index in [-0.39, 0.29) is 0 Å². The van der Waals surface area contributed by atoms with Crippen molar-refractivity contribution in [3.8, 4) is 0 Å². The summed E-state index contributed by atoms with van der Waals surface area (Å²) >= 11 is 5.68. The van der Waals surface area contributed by atoms with Crippen molar-refractivity contribution in [2.24, 2.45) is 15.5 Å². The fraction of sp³-hybridized carbons (Fsp3) is 0.909. The quantitative estimate of drug-likeness (QED) is 0.569. The summed E-state index contributed by atoms with van der Waals surface area (Å²) in [4.78, 5) is 0. The minimum Gasteiger partial charge on any atom is -0.140 e. The van der Waals surface area contributed by atoms with Gasteiger partial charge in [0.1, 0.15) is 6.04 Å². The van der Waals surface area contributed by atoms with Gasteiger partial charge in [0.25, 0.3) is 5.84 Å². The molecule has 0 saturated heterocycles. The summed E-state index contributed by atoms with van der Waals surface area (Å²) in [7, 11) is 0. The van der Waals surface area contributed by atoms with E-state index < -0.39 is 0 Å². The number of unbranched alkanes of at least 4 members (excludes halogenated alkanes) is 1. The van der Waals surface area contributed by atoms with Gasteiger partial charge >= 0.3 is 0 Å². The highest BCUT2D eigenvalue weighted by molar-refractivity contribution is 6.17. The van der Waals surface area contributed by atoms with Crippen LogP contribution in [0.25, 0.3) is 0 Å². The zero-order chi connectivity index (χ0) is 11.2. The predicted molar refractivity (Wildman–Crippen MR) is 64.7 cm³/mol. The van der Waals surface area contributed by atoms with Crippen molar-refractivity contribution < 1.29 is 5.01 Å². The summed E-state index contributed by atoms with van der Waals surface area (Å²) in [5.74, 6) is 1.86. The first-order chi connectivity index (χ1) is 7.92. The van der Waals surface area contributed by atoms with E-state index in [1.165, 1.54) is 37.1 Å². The molecule has 0 aromatic heterocycles. The van der Waals surface area contributed by atoms with E-state index in [0.29, 0.717) is 6.04 Å². The van der Waals surface area contributed by atoms with Gasteiger partial charge in [-0.1, -0.05) is 11.5 Å². The van der Waals surface area contributed by atoms with Crippen molar-refractivity contribution in [2.75, 3.05) is 5.88 Å². The van der Waals surface area contributed by atoms with Crippen LogP contribution in [0.4, 0.5) is 0 Å². The number of rotatable bonds is 5. The molecule has 1 saturated carbocycles. The van der Waals surface area contributed by atoms with Crippen molar-refractivity contribution in [2.45, 2.75) is 57.4 Å². The molecule has 5 heteroatoms. The second-order valence-corrected chi connectivity index (χ2v) is 4.98. The SMILES string of the molecule is ClCCCCC1=NN=N[NH+]1C1CCCCC1. The lowest BCUT2D eigenvalue weighted by atomic mass is 9.95. The Kier molecular flexibility index (Phi) is 4.72. The molecule has 16 heavy (non-hydrogen) atoms. The van der Waals surface area contributed by atoms with Crippen LogP contribution < -0.4 is 5.01 Å². The number of quaternary nitrogens is 1. The van der Waals surface area contributed by atoms with Crippen molar-refractivity contribution in [3.05, 3.63) is 0 Å². The van der Waals surface area contributed by atoms with Gasteiger partial charge in [-0.05, 0) is 25.7 Å². The van der Waals surface area contributed by atoms with E-state index in [9.17, 15) is 0 Å². The minimum atomic E-state index is 0.620. The van der Waals surface area contributed by atoms with E-state index in [4.69, 9.17) is 11.6 Å². The minimum absolute atomic E-state index is 0.620. The van der Waals surface area contributed by atoms with Gasteiger partial charge in [0.2, 0.25) is 0 Å². The highest BCUT2D eigenvalue weighted by Crippen LogP contribution is 2.16. The Morgan fingerprint density at radius 3 is 2.75 bits per heavy atom. The molecular weight excluding hydrogens is 224 g/mol. The predicted octanol–water partition coefficient (Wildman–Crippen LogP) is 2.31. The molecule has 0 radical (unpaired) electrons. The lowest BCUT2D eigenvalue weighted by molar-refractivity contribution is -0.846. The molecule has 0 aromatic rings. The second-order valence-electron chi connectivity index (χ2n) is 4.60. The highest BCUT2D eigenvalue weighted by atomic mass is 35.5. The third kappa shape index (κ3) is 3.01. The number of halogens is 1. The second kappa shape index (κ2) is 6.30. The first-order valence-electron chi connectivity index (χ1n) is 6.32. The summed E-state index contributed by atoms with van der Waals surface area (Å²) in [6, 6.07) is 0.620. The van der Waals surface area contributed by atoms with Crippen LogP contribution in [0.15, 0.2) is 15.5 Å². The van der Waals surface area contributed by atoms with Crippen molar-refractivity contribution in [1.82, 2.24) is 0 Å². The maximum absolute atomic E-state index is 5.68. The maximum atomic E-state index is 5.68. The average Bonchev–Trinajstić information content (AvgIpc) is 2.79. The first-order valence-corrected chi connectivity index (χ1v) is 6.86. The zero-order valence-corrected chi connectivity index (χ0v) is 10.4. The molecule has 0 bridgehead atoms. The van der Waals surface area contributed by atoms with Crippen LogP contribution >= 0.6 is 11.6 Å². The fourth-order valence-electron chi connectivity index (χ4n) is 2.49. The molecule has 90 valence electrons. The number of hydrogen-bond acceptors (Lipinski definition) is 3. The normalized spacial score (nSPS) is 26.1. The Balaban J connectivity index is 1.83. The van der Waals surface area contributed by atoms with Gasteiger partial charge in [-0.25, -0.2) is 0 Å². The van der Waals surface area contributed by atoms with E-state index >= 15 is 0 Å². The number of amidine groups is 1. The topological polar surface area (TPSA) is 41.5 Å². The molecule has 1 aliphatic heterocycles. The van der Waals surface area contributed by atoms with Crippen LogP contribution in [-0.2, 0) is 0 Å². The maximum Gasteiger partial charge on any atom is 0.250 e. The Hall–Kier alpha value is -0.480. The van der Waals surface area contributed by atoms with E-state index in [1.54, 1.807) is 0 Å². The number of alkyl halides is 1. The molecule has 0 aromatic carbocycles. The summed E-state index contributed by atoms with van der Waals surface area (Å²) < 4.78 is 0. The van der Waals surface area contributed by atoms with Gasteiger partial charge in [-0.3, -0.25) is 0 Å². The number of nitrogens with zero attached hydrogens (tertiary/aromatic N) is 3. The lowest BCUT2D eigenvalue weighted by Crippen LogP contribution is -3.13. The third-order valence-electron chi connectivity index (χ3n) is 3.40. The van der Waals surface area contributed by atoms with E-state index in [0.717, 1.165) is 31.0 Å². The Morgan fingerprint density at radius 1 is 1.19 bits per heavy atom. The molecule has 1 N–H and O–H groups in total. The molecule has 1 atom stereocenters. The van der Waals surface area contributed by atoms with Gasteiger partial charge in [0.05, 0.1) is 5.22 Å². The lowest BCUT2D eigenvalue weighted by Gasteiger charge is -2.23. The summed E-state index contributed by atoms with van der Waals surface area (Å²) in [6.07, 6.45) is 9.72. The van der Waals surface area contributed by atoms with Gasteiger partial charge in [0, 0.05) is 30.4 Å². The third-order valence-corrected chi connectivity index (χ3v) is 3.67. The molecule has 0 spiro atoms. The largest absolute Gasteiger partial charge is 0.250 e. The van der Waals surface area contributed by atoms with E-state index in [2.05, 4.69) is 15.5 Å². The molecule has 1 heterocycles. The van der Waals surface area contributed by atoms with Gasteiger partial charge < -0.3 is 0 Å². The monoisotopic (exact) mass is 243 g/mol. The van der Waals surface area contributed by atoms with Crippen LogP contribution in [0.5, 0.6) is 0 Å². The summed E-state index contributed by atoms with van der Waals surface area (Å²) in [5, 5.41) is 13.4. The van der Waals surface area contributed by atoms with E-state index in [1.807, 2.05) is 0 Å². The van der Waals surface area contributed by atoms with Crippen LogP contribution in [-0.4, -0.2) is 17.8 Å². The summed E-state index contributed by atoms with van der Waals surface area (Å²) in [6.45, 7) is 0. The number of nitrogens with one attached hydrogen (secondary N) is 1. The molecule has 1 aliphatic carbocycles. The van der Waals surface area contributed by atoms with Crippen molar-refractivity contribution >= 4 is 17.4 Å². The zero-order valence-electron chi connectivity index (χ0n) is 9.66. The molecule has 0 amide bonds. The average molecular weight is 244 g/mol. The smallest absolute Gasteiger partial charge is 0.140 e. The van der Waals surface area contributed by atoms with Gasteiger partial charge in [-0.2, -0.15) is 0 Å². The first kappa shape index (κ1) is 12.0. The Labute approximate surface area is 102 Å². The van der Waals surface area contributed by atoms with Crippen molar-refractivity contribution in [1.29, 1.82) is 0 Å². The van der Waals surface area contributed by atoms with Crippen LogP contribution in [0, 0.1) is 0 Å². The van der Waals surface area contributed by atoms with Crippen LogP contribution in [0.2, 0.25) is 0 Å². The van der Waals surface area contributed by atoms with Crippen LogP contribution in [0.1, 0.15) is 51.4 Å². The van der Waals surface area contributed by atoms with Gasteiger partial charge in [-0.15, -0.1) is 16.6 Å². The van der Waals surface area contributed by atoms with Crippen LogP contribution in [0.3, 0.4) is 0 Å². The fourth-order valence-corrected chi connectivity index (χ4v) is 2.68. The standard InChI is InChI=1S/C11H19ClN4/c12-9-5-4-8-11-13-14-15-16(11)10-6-2-1-3-7-10/h10H,1-9H2/p+1. The molecule has 2 aliphatic rings. The molecule has 2 rings (SSSR count). The Morgan fingerprint density at radius 2 is 2.00 bits per heavy atom. The molecule has 1 fully saturated rings. The van der Waals surface area contributed by atoms with Crippen molar-refractivity contribution in [3.63, 3.8) is 0 Å². The molecular formula is C11H20ClN4+. The molecule has 4 nitrogen and oxygen atoms in total. The highest BCUT2D eigenvalue weighted by Gasteiger charge is 2.32.